The zero-order valence-corrected chi connectivity index (χ0v) is 14.3. The normalized spacial score (nSPS) is 17.5. The van der Waals surface area contributed by atoms with E-state index in [0.29, 0.717) is 19.4 Å². The van der Waals surface area contributed by atoms with E-state index in [9.17, 15) is 22.8 Å². The van der Waals surface area contributed by atoms with Crippen LogP contribution in [0.1, 0.15) is 30.9 Å². The van der Waals surface area contributed by atoms with Crippen molar-refractivity contribution in [2.24, 2.45) is 0 Å². The lowest BCUT2D eigenvalue weighted by Crippen LogP contribution is -2.46. The van der Waals surface area contributed by atoms with Crippen LogP contribution in [0.2, 0.25) is 5.02 Å². The molecule has 5 nitrogen and oxygen atoms in total. The fraction of sp³-hybridized carbons (Fsp3) is 0.500. The largest absolute Gasteiger partial charge is 0.464 e. The molecule has 0 aromatic heterocycles. The number of alkyl halides is 3. The van der Waals surface area contributed by atoms with Gasteiger partial charge in [-0.3, -0.25) is 0 Å². The summed E-state index contributed by atoms with van der Waals surface area (Å²) in [4.78, 5) is 25.5. The van der Waals surface area contributed by atoms with Crippen LogP contribution >= 0.6 is 11.6 Å². The predicted octanol–water partition coefficient (Wildman–Crippen LogP) is 3.60. The molecule has 1 aromatic rings. The zero-order chi connectivity index (χ0) is 18.6. The van der Waals surface area contributed by atoms with E-state index in [2.05, 4.69) is 5.32 Å². The van der Waals surface area contributed by atoms with E-state index >= 15 is 0 Å². The van der Waals surface area contributed by atoms with E-state index in [1.54, 1.807) is 6.92 Å². The van der Waals surface area contributed by atoms with Gasteiger partial charge in [0.1, 0.15) is 6.04 Å². The summed E-state index contributed by atoms with van der Waals surface area (Å²) < 4.78 is 43.5. The van der Waals surface area contributed by atoms with Crippen molar-refractivity contribution in [1.82, 2.24) is 10.2 Å². The molecule has 2 amide bonds. The molecule has 1 N–H and O–H groups in total. The van der Waals surface area contributed by atoms with Gasteiger partial charge in [0, 0.05) is 13.1 Å². The molecule has 138 valence electrons. The molecular weight excluding hydrogens is 361 g/mol. The van der Waals surface area contributed by atoms with Gasteiger partial charge in [-0.25, -0.2) is 9.59 Å². The minimum atomic E-state index is -4.57. The van der Waals surface area contributed by atoms with Crippen LogP contribution < -0.4 is 5.32 Å². The third-order valence-electron chi connectivity index (χ3n) is 3.89. The van der Waals surface area contributed by atoms with Crippen molar-refractivity contribution in [3.63, 3.8) is 0 Å². The number of urea groups is 1. The van der Waals surface area contributed by atoms with Gasteiger partial charge in [0.15, 0.2) is 0 Å². The van der Waals surface area contributed by atoms with Crippen LogP contribution in [-0.4, -0.2) is 36.1 Å². The standard InChI is InChI=1S/C16H18ClF3N2O3/c1-2-25-14(23)12-7-4-8-22(12)15(24)21-9-10-5-3-6-11(13(10)17)16(18,19)20/h3,5-6,12H,2,4,7-9H2,1H3,(H,21,24)/t12-/m1/s1. The number of carbonyl (C=O) groups is 2. The van der Waals surface area contributed by atoms with Crippen LogP contribution in [0, 0.1) is 0 Å². The van der Waals surface area contributed by atoms with E-state index in [-0.39, 0.29) is 18.7 Å². The smallest absolute Gasteiger partial charge is 0.417 e. The van der Waals surface area contributed by atoms with Crippen molar-refractivity contribution in [1.29, 1.82) is 0 Å². The van der Waals surface area contributed by atoms with Crippen molar-refractivity contribution < 1.29 is 27.5 Å². The van der Waals surface area contributed by atoms with Gasteiger partial charge >= 0.3 is 18.2 Å². The van der Waals surface area contributed by atoms with Gasteiger partial charge in [0.25, 0.3) is 0 Å². The molecule has 0 bridgehead atoms. The van der Waals surface area contributed by atoms with Gasteiger partial charge in [0.2, 0.25) is 0 Å². The van der Waals surface area contributed by atoms with E-state index in [1.807, 2.05) is 0 Å². The Hall–Kier alpha value is -1.96. The fourth-order valence-electron chi connectivity index (χ4n) is 2.70. The first-order chi connectivity index (χ1) is 11.8. The Morgan fingerprint density at radius 1 is 1.40 bits per heavy atom. The number of nitrogens with one attached hydrogen (secondary N) is 1. The Balaban J connectivity index is 2.04. The third-order valence-corrected chi connectivity index (χ3v) is 4.33. The minimum absolute atomic E-state index is 0.150. The molecule has 0 radical (unpaired) electrons. The van der Waals surface area contributed by atoms with Gasteiger partial charge in [-0.15, -0.1) is 0 Å². The molecule has 25 heavy (non-hydrogen) atoms. The van der Waals surface area contributed by atoms with Crippen LogP contribution in [0.3, 0.4) is 0 Å². The molecular formula is C16H18ClF3N2O3. The Morgan fingerprint density at radius 2 is 2.12 bits per heavy atom. The quantitative estimate of drug-likeness (QED) is 0.814. The molecule has 0 saturated carbocycles. The maximum absolute atomic E-state index is 12.9. The SMILES string of the molecule is CCOC(=O)[C@H]1CCCN1C(=O)NCc1cccc(C(F)(F)F)c1Cl. The Labute approximate surface area is 148 Å². The molecule has 1 heterocycles. The molecule has 1 saturated heterocycles. The average Bonchev–Trinajstić information content (AvgIpc) is 3.02. The van der Waals surface area contributed by atoms with Gasteiger partial charge < -0.3 is 15.0 Å². The predicted molar refractivity (Wildman–Crippen MR) is 85.1 cm³/mol. The van der Waals surface area contributed by atoms with Crippen LogP contribution in [0.5, 0.6) is 0 Å². The summed E-state index contributed by atoms with van der Waals surface area (Å²) >= 11 is 5.80. The van der Waals surface area contributed by atoms with E-state index in [0.717, 1.165) is 6.07 Å². The summed E-state index contributed by atoms with van der Waals surface area (Å²) in [5, 5.41) is 2.07. The first-order valence-corrected chi connectivity index (χ1v) is 8.19. The molecule has 9 heteroatoms. The number of nitrogens with zero attached hydrogens (tertiary/aromatic N) is 1. The van der Waals surface area contributed by atoms with Gasteiger partial charge in [-0.05, 0) is 31.4 Å². The van der Waals surface area contributed by atoms with E-state index < -0.39 is 34.8 Å². The first-order valence-electron chi connectivity index (χ1n) is 7.81. The number of hydrogen-bond donors (Lipinski definition) is 1. The van der Waals surface area contributed by atoms with Crippen molar-refractivity contribution in [2.45, 2.75) is 38.5 Å². The monoisotopic (exact) mass is 378 g/mol. The molecule has 1 aliphatic heterocycles. The molecule has 2 rings (SSSR count). The number of rotatable bonds is 4. The second-order valence-electron chi connectivity index (χ2n) is 5.54. The summed E-state index contributed by atoms with van der Waals surface area (Å²) in [6, 6.07) is 2.31. The summed E-state index contributed by atoms with van der Waals surface area (Å²) in [5.41, 5.74) is -0.803. The highest BCUT2D eigenvalue weighted by Crippen LogP contribution is 2.36. The average molecular weight is 379 g/mol. The topological polar surface area (TPSA) is 58.6 Å². The maximum Gasteiger partial charge on any atom is 0.417 e. The number of amides is 2. The number of halogens is 4. The molecule has 1 fully saturated rings. The van der Waals surface area contributed by atoms with Crippen molar-refractivity contribution in [3.05, 3.63) is 34.3 Å². The Kier molecular flexibility index (Phi) is 6.16. The van der Waals surface area contributed by atoms with Crippen molar-refractivity contribution >= 4 is 23.6 Å². The van der Waals surface area contributed by atoms with Crippen LogP contribution in [-0.2, 0) is 22.3 Å². The highest BCUT2D eigenvalue weighted by Gasteiger charge is 2.36. The lowest BCUT2D eigenvalue weighted by molar-refractivity contribution is -0.147. The molecule has 1 atom stereocenters. The van der Waals surface area contributed by atoms with E-state index in [1.165, 1.54) is 17.0 Å². The zero-order valence-electron chi connectivity index (χ0n) is 13.5. The first kappa shape index (κ1) is 19.4. The number of esters is 1. The highest BCUT2D eigenvalue weighted by molar-refractivity contribution is 6.32. The molecule has 1 aliphatic rings. The third kappa shape index (κ3) is 4.56. The van der Waals surface area contributed by atoms with Crippen LogP contribution in [0.15, 0.2) is 18.2 Å². The van der Waals surface area contributed by atoms with Gasteiger partial charge in [-0.1, -0.05) is 23.7 Å². The number of benzene rings is 1. The molecule has 0 aliphatic carbocycles. The fourth-order valence-corrected chi connectivity index (χ4v) is 3.00. The highest BCUT2D eigenvalue weighted by atomic mass is 35.5. The van der Waals surface area contributed by atoms with E-state index in [4.69, 9.17) is 16.3 Å². The van der Waals surface area contributed by atoms with Gasteiger partial charge in [0.05, 0.1) is 17.2 Å². The molecule has 1 aromatic carbocycles. The van der Waals surface area contributed by atoms with Crippen LogP contribution in [0.25, 0.3) is 0 Å². The Morgan fingerprint density at radius 3 is 2.76 bits per heavy atom. The Bertz CT molecular complexity index is 652. The van der Waals surface area contributed by atoms with Gasteiger partial charge in [-0.2, -0.15) is 13.2 Å². The number of likely N-dealkylation sites (tertiary alicyclic amines) is 1. The summed E-state index contributed by atoms with van der Waals surface area (Å²) in [6.45, 7) is 2.09. The second-order valence-corrected chi connectivity index (χ2v) is 5.92. The molecule has 0 unspecified atom stereocenters. The minimum Gasteiger partial charge on any atom is -0.464 e. The maximum atomic E-state index is 12.9. The lowest BCUT2D eigenvalue weighted by Gasteiger charge is -2.23. The summed E-state index contributed by atoms with van der Waals surface area (Å²) in [5.74, 6) is -0.479. The summed E-state index contributed by atoms with van der Waals surface area (Å²) in [7, 11) is 0. The van der Waals surface area contributed by atoms with Crippen molar-refractivity contribution in [2.75, 3.05) is 13.2 Å². The number of hydrogen-bond acceptors (Lipinski definition) is 3. The second kappa shape index (κ2) is 7.95. The number of carbonyl (C=O) groups excluding carboxylic acids is 2. The number of ether oxygens (including phenoxy) is 1. The lowest BCUT2D eigenvalue weighted by atomic mass is 10.1. The van der Waals surface area contributed by atoms with Crippen molar-refractivity contribution in [3.8, 4) is 0 Å². The van der Waals surface area contributed by atoms with Crippen LogP contribution in [0.4, 0.5) is 18.0 Å². The molecule has 0 spiro atoms. The summed E-state index contributed by atoms with van der Waals surface area (Å²) in [6.07, 6.45) is -3.42.